The van der Waals surface area contributed by atoms with E-state index in [2.05, 4.69) is 65.3 Å². The Hall–Kier alpha value is -1.82. The third-order valence-corrected chi connectivity index (χ3v) is 3.46. The Morgan fingerprint density at radius 2 is 2.04 bits per heavy atom. The van der Waals surface area contributed by atoms with E-state index in [1.54, 1.807) is 7.11 Å². The maximum atomic E-state index is 5.14. The first kappa shape index (κ1) is 19.2. The monoisotopic (exact) mass is 321 g/mol. The van der Waals surface area contributed by atoms with Crippen molar-refractivity contribution in [1.82, 2.24) is 15.6 Å². The molecule has 0 saturated heterocycles. The molecule has 6 nitrogen and oxygen atoms in total. The van der Waals surface area contributed by atoms with Gasteiger partial charge in [0.05, 0.1) is 13.2 Å². The Balaban J connectivity index is 2.67. The Labute approximate surface area is 140 Å². The van der Waals surface area contributed by atoms with Crippen LogP contribution in [0.25, 0.3) is 0 Å². The van der Waals surface area contributed by atoms with Gasteiger partial charge < -0.3 is 20.3 Å². The number of hydrogen-bond donors (Lipinski definition) is 2. The molecule has 2 N–H and O–H groups in total. The van der Waals surface area contributed by atoms with Crippen LogP contribution >= 0.6 is 0 Å². The van der Waals surface area contributed by atoms with Crippen molar-refractivity contribution >= 4 is 11.8 Å². The summed E-state index contributed by atoms with van der Waals surface area (Å²) in [6.45, 7) is 12.4. The second-order valence-corrected chi connectivity index (χ2v) is 5.39. The molecular weight excluding hydrogens is 290 g/mol. The van der Waals surface area contributed by atoms with Gasteiger partial charge in [-0.3, -0.25) is 0 Å². The fourth-order valence-corrected chi connectivity index (χ4v) is 2.26. The van der Waals surface area contributed by atoms with Crippen LogP contribution in [-0.4, -0.2) is 50.3 Å². The van der Waals surface area contributed by atoms with Crippen LogP contribution in [0.5, 0.6) is 0 Å². The van der Waals surface area contributed by atoms with Crippen molar-refractivity contribution in [3.8, 4) is 0 Å². The minimum atomic E-state index is 0.209. The minimum absolute atomic E-state index is 0.209. The molecule has 0 aromatic carbocycles. The highest BCUT2D eigenvalue weighted by atomic mass is 16.5. The number of nitrogens with zero attached hydrogens (tertiary/aromatic N) is 3. The topological polar surface area (TPSA) is 61.8 Å². The Kier molecular flexibility index (Phi) is 9.05. The van der Waals surface area contributed by atoms with E-state index >= 15 is 0 Å². The predicted octanol–water partition coefficient (Wildman–Crippen LogP) is 2.02. The quantitative estimate of drug-likeness (QED) is 0.538. The standard InChI is InChI=1S/C17H31N5O/c1-6-18-17(21-14(4)13-23-5)20-12-15-9-10-16(19-11-15)22(7-2)8-3/h9-11,14H,6-8,12-13H2,1-5H3,(H2,18,20,21). The molecule has 23 heavy (non-hydrogen) atoms. The fourth-order valence-electron chi connectivity index (χ4n) is 2.26. The number of ether oxygens (including phenoxy) is 1. The maximum Gasteiger partial charge on any atom is 0.191 e. The predicted molar refractivity (Wildman–Crippen MR) is 97.1 cm³/mol. The fraction of sp³-hybridized carbons (Fsp3) is 0.647. The van der Waals surface area contributed by atoms with Crippen molar-refractivity contribution in [2.45, 2.75) is 40.3 Å². The Bertz CT molecular complexity index is 457. The van der Waals surface area contributed by atoms with Crippen molar-refractivity contribution in [3.63, 3.8) is 0 Å². The van der Waals surface area contributed by atoms with Crippen LogP contribution in [0.4, 0.5) is 5.82 Å². The van der Waals surface area contributed by atoms with E-state index in [1.165, 1.54) is 0 Å². The molecule has 0 spiro atoms. The summed E-state index contributed by atoms with van der Waals surface area (Å²) in [5.74, 6) is 1.81. The first-order valence-corrected chi connectivity index (χ1v) is 8.38. The van der Waals surface area contributed by atoms with Crippen molar-refractivity contribution in [3.05, 3.63) is 23.9 Å². The molecule has 0 fully saturated rings. The summed E-state index contributed by atoms with van der Waals surface area (Å²) in [7, 11) is 1.70. The van der Waals surface area contributed by atoms with E-state index in [9.17, 15) is 0 Å². The van der Waals surface area contributed by atoms with Gasteiger partial charge in [0.1, 0.15) is 5.82 Å². The largest absolute Gasteiger partial charge is 0.383 e. The van der Waals surface area contributed by atoms with Gasteiger partial charge in [0, 0.05) is 39.0 Å². The van der Waals surface area contributed by atoms with Crippen LogP contribution in [0.15, 0.2) is 23.3 Å². The van der Waals surface area contributed by atoms with Crippen molar-refractivity contribution < 1.29 is 4.74 Å². The number of hydrogen-bond acceptors (Lipinski definition) is 4. The molecule has 1 aromatic rings. The van der Waals surface area contributed by atoms with E-state index in [0.29, 0.717) is 13.2 Å². The van der Waals surface area contributed by atoms with Gasteiger partial charge in [-0.15, -0.1) is 0 Å². The van der Waals surface area contributed by atoms with E-state index in [4.69, 9.17) is 4.74 Å². The number of anilines is 1. The zero-order valence-electron chi connectivity index (χ0n) is 15.1. The van der Waals surface area contributed by atoms with Crippen LogP contribution in [0.3, 0.4) is 0 Å². The molecule has 1 atom stereocenters. The van der Waals surface area contributed by atoms with Crippen LogP contribution < -0.4 is 15.5 Å². The highest BCUT2D eigenvalue weighted by Crippen LogP contribution is 2.11. The Morgan fingerprint density at radius 3 is 2.57 bits per heavy atom. The number of aliphatic imine (C=N–C) groups is 1. The first-order valence-electron chi connectivity index (χ1n) is 8.38. The van der Waals surface area contributed by atoms with E-state index < -0.39 is 0 Å². The molecule has 0 aliphatic carbocycles. The molecule has 1 unspecified atom stereocenters. The normalized spacial score (nSPS) is 12.8. The zero-order chi connectivity index (χ0) is 17.1. The SMILES string of the molecule is CCNC(=NCc1ccc(N(CC)CC)nc1)NC(C)COC. The minimum Gasteiger partial charge on any atom is -0.383 e. The van der Waals surface area contributed by atoms with E-state index in [1.807, 2.05) is 6.20 Å². The lowest BCUT2D eigenvalue weighted by molar-refractivity contribution is 0.179. The van der Waals surface area contributed by atoms with Gasteiger partial charge in [-0.2, -0.15) is 0 Å². The van der Waals surface area contributed by atoms with E-state index in [-0.39, 0.29) is 6.04 Å². The second kappa shape index (κ2) is 10.8. The lowest BCUT2D eigenvalue weighted by Gasteiger charge is -2.19. The molecule has 130 valence electrons. The molecule has 6 heteroatoms. The molecular formula is C17H31N5O. The molecule has 1 heterocycles. The van der Waals surface area contributed by atoms with Crippen LogP contribution in [0, 0.1) is 0 Å². The van der Waals surface area contributed by atoms with E-state index in [0.717, 1.165) is 37.0 Å². The summed E-state index contributed by atoms with van der Waals surface area (Å²) in [6.07, 6.45) is 1.90. The summed E-state index contributed by atoms with van der Waals surface area (Å²) < 4.78 is 5.14. The summed E-state index contributed by atoms with van der Waals surface area (Å²) in [5, 5.41) is 6.57. The molecule has 1 rings (SSSR count). The first-order chi connectivity index (χ1) is 11.1. The molecule has 0 amide bonds. The molecule has 0 radical (unpaired) electrons. The Morgan fingerprint density at radius 1 is 1.30 bits per heavy atom. The van der Waals surface area contributed by atoms with Gasteiger partial charge in [0.15, 0.2) is 5.96 Å². The molecule has 0 aliphatic heterocycles. The van der Waals surface area contributed by atoms with Crippen LogP contribution in [0.2, 0.25) is 0 Å². The maximum absolute atomic E-state index is 5.14. The lowest BCUT2D eigenvalue weighted by Crippen LogP contribution is -2.43. The zero-order valence-corrected chi connectivity index (χ0v) is 15.1. The number of nitrogens with one attached hydrogen (secondary N) is 2. The number of methoxy groups -OCH3 is 1. The summed E-state index contributed by atoms with van der Waals surface area (Å²) in [6, 6.07) is 4.36. The van der Waals surface area contributed by atoms with Crippen molar-refractivity contribution in [1.29, 1.82) is 0 Å². The average Bonchev–Trinajstić information content (AvgIpc) is 2.55. The van der Waals surface area contributed by atoms with Gasteiger partial charge >= 0.3 is 0 Å². The molecule has 1 aromatic heterocycles. The highest BCUT2D eigenvalue weighted by Gasteiger charge is 2.05. The number of rotatable bonds is 9. The van der Waals surface area contributed by atoms with Gasteiger partial charge in [-0.05, 0) is 39.3 Å². The summed E-state index contributed by atoms with van der Waals surface area (Å²) in [4.78, 5) is 11.4. The van der Waals surface area contributed by atoms with Crippen molar-refractivity contribution in [2.24, 2.45) is 4.99 Å². The molecule has 0 bridgehead atoms. The lowest BCUT2D eigenvalue weighted by atomic mass is 10.3. The smallest absolute Gasteiger partial charge is 0.191 e. The highest BCUT2D eigenvalue weighted by molar-refractivity contribution is 5.80. The van der Waals surface area contributed by atoms with Gasteiger partial charge in [0.2, 0.25) is 0 Å². The van der Waals surface area contributed by atoms with Crippen LogP contribution in [-0.2, 0) is 11.3 Å². The van der Waals surface area contributed by atoms with Gasteiger partial charge in [-0.1, -0.05) is 6.07 Å². The van der Waals surface area contributed by atoms with Crippen LogP contribution in [0.1, 0.15) is 33.3 Å². The molecule has 0 aliphatic rings. The number of guanidine groups is 1. The summed E-state index contributed by atoms with van der Waals surface area (Å²) >= 11 is 0. The van der Waals surface area contributed by atoms with Crippen molar-refractivity contribution in [2.75, 3.05) is 38.3 Å². The number of pyridine rings is 1. The number of aromatic nitrogens is 1. The second-order valence-electron chi connectivity index (χ2n) is 5.39. The van der Waals surface area contributed by atoms with Gasteiger partial charge in [0.25, 0.3) is 0 Å². The summed E-state index contributed by atoms with van der Waals surface area (Å²) in [5.41, 5.74) is 1.09. The third-order valence-electron chi connectivity index (χ3n) is 3.46. The third kappa shape index (κ3) is 6.86. The van der Waals surface area contributed by atoms with Gasteiger partial charge in [-0.25, -0.2) is 9.98 Å². The average molecular weight is 321 g/mol. The molecule has 0 saturated carbocycles.